The molecule has 0 aliphatic heterocycles. The quantitative estimate of drug-likeness (QED) is 0.600. The number of pyridine rings is 1. The predicted octanol–water partition coefficient (Wildman–Crippen LogP) is 4.14. The van der Waals surface area contributed by atoms with E-state index >= 15 is 0 Å². The summed E-state index contributed by atoms with van der Waals surface area (Å²) in [4.78, 5) is 4.32. The summed E-state index contributed by atoms with van der Waals surface area (Å²) in [6.07, 6.45) is 4.86. The maximum atomic E-state index is 13.2. The maximum Gasteiger partial charge on any atom is 0.243 e. The second-order valence-corrected chi connectivity index (χ2v) is 8.42. The van der Waals surface area contributed by atoms with Gasteiger partial charge in [0.15, 0.2) is 0 Å². The van der Waals surface area contributed by atoms with Crippen LogP contribution in [-0.4, -0.2) is 17.7 Å². The molecular formula is C18H17BrN2O3S. The first-order chi connectivity index (χ1) is 12.0. The van der Waals surface area contributed by atoms with Crippen LogP contribution in [0.25, 0.3) is 0 Å². The molecule has 1 aromatic carbocycles. The largest absolute Gasteiger partial charge is 0.468 e. The summed E-state index contributed by atoms with van der Waals surface area (Å²) >= 11 is 3.40. The molecule has 3 rings (SSSR count). The molecular weight excluding hydrogens is 404 g/mol. The highest BCUT2D eigenvalue weighted by atomic mass is 79.9. The number of hydrogen-bond acceptors (Lipinski definition) is 4. The monoisotopic (exact) mass is 420 g/mol. The normalized spacial score (nSPS) is 11.8. The lowest BCUT2D eigenvalue weighted by atomic mass is 10.2. The molecule has 130 valence electrons. The molecule has 5 nitrogen and oxygen atoms in total. The summed E-state index contributed by atoms with van der Waals surface area (Å²) in [5, 5.41) is 0. The van der Waals surface area contributed by atoms with Crippen LogP contribution in [0, 0.1) is 6.92 Å². The molecule has 0 radical (unpaired) electrons. The standard InChI is InChI=1S/C18H17BrN2O3S/c1-14-10-17(6-7-18(14)19)25(22,23)21(13-16-5-3-9-24-16)12-15-4-2-8-20-11-15/h2-11H,12-13H2,1H3. The van der Waals surface area contributed by atoms with Crippen molar-refractivity contribution in [1.29, 1.82) is 0 Å². The average molecular weight is 421 g/mol. The van der Waals surface area contributed by atoms with Gasteiger partial charge in [0.1, 0.15) is 5.76 Å². The minimum atomic E-state index is -3.69. The van der Waals surface area contributed by atoms with Gasteiger partial charge < -0.3 is 4.42 Å². The summed E-state index contributed by atoms with van der Waals surface area (Å²) in [6.45, 7) is 2.23. The Morgan fingerprint density at radius 3 is 2.64 bits per heavy atom. The van der Waals surface area contributed by atoms with Crippen molar-refractivity contribution >= 4 is 26.0 Å². The third kappa shape index (κ3) is 4.18. The molecule has 0 aliphatic carbocycles. The van der Waals surface area contributed by atoms with Gasteiger partial charge in [0.05, 0.1) is 17.7 Å². The Balaban J connectivity index is 1.97. The summed E-state index contributed by atoms with van der Waals surface area (Å²) in [7, 11) is -3.69. The van der Waals surface area contributed by atoms with E-state index in [1.165, 1.54) is 10.6 Å². The van der Waals surface area contributed by atoms with E-state index in [1.807, 2.05) is 13.0 Å². The number of halogens is 1. The van der Waals surface area contributed by atoms with Gasteiger partial charge in [0, 0.05) is 23.4 Å². The fourth-order valence-electron chi connectivity index (χ4n) is 2.42. The van der Waals surface area contributed by atoms with Crippen molar-refractivity contribution in [2.75, 3.05) is 0 Å². The first kappa shape index (κ1) is 17.8. The number of aryl methyl sites for hydroxylation is 1. The fourth-order valence-corrected chi connectivity index (χ4v) is 4.15. The highest BCUT2D eigenvalue weighted by Crippen LogP contribution is 2.25. The third-order valence-electron chi connectivity index (χ3n) is 3.76. The molecule has 0 N–H and O–H groups in total. The van der Waals surface area contributed by atoms with Crippen molar-refractivity contribution in [3.63, 3.8) is 0 Å². The number of furan rings is 1. The molecule has 0 aliphatic rings. The SMILES string of the molecule is Cc1cc(S(=O)(=O)N(Cc2cccnc2)Cc2ccco2)ccc1Br. The van der Waals surface area contributed by atoms with Crippen LogP contribution in [0.2, 0.25) is 0 Å². The zero-order chi connectivity index (χ0) is 17.9. The highest BCUT2D eigenvalue weighted by molar-refractivity contribution is 9.10. The van der Waals surface area contributed by atoms with Crippen LogP contribution in [0.3, 0.4) is 0 Å². The zero-order valence-corrected chi connectivity index (χ0v) is 16.0. The van der Waals surface area contributed by atoms with Gasteiger partial charge in [-0.15, -0.1) is 0 Å². The van der Waals surface area contributed by atoms with Gasteiger partial charge >= 0.3 is 0 Å². The van der Waals surface area contributed by atoms with Gasteiger partial charge in [-0.25, -0.2) is 8.42 Å². The lowest BCUT2D eigenvalue weighted by molar-refractivity contribution is 0.358. The molecule has 0 unspecified atom stereocenters. The maximum absolute atomic E-state index is 13.2. The minimum absolute atomic E-state index is 0.152. The summed E-state index contributed by atoms with van der Waals surface area (Å²) in [6, 6.07) is 12.2. The van der Waals surface area contributed by atoms with Gasteiger partial charge in [-0.1, -0.05) is 22.0 Å². The van der Waals surface area contributed by atoms with Gasteiger partial charge in [-0.2, -0.15) is 4.31 Å². The van der Waals surface area contributed by atoms with Crippen molar-refractivity contribution in [2.24, 2.45) is 0 Å². The van der Waals surface area contributed by atoms with Gasteiger partial charge in [0.25, 0.3) is 0 Å². The Morgan fingerprint density at radius 2 is 2.00 bits per heavy atom. The molecule has 7 heteroatoms. The molecule has 2 aromatic heterocycles. The number of benzene rings is 1. The minimum Gasteiger partial charge on any atom is -0.468 e. The van der Waals surface area contributed by atoms with E-state index in [1.54, 1.807) is 48.8 Å². The van der Waals surface area contributed by atoms with Crippen molar-refractivity contribution in [1.82, 2.24) is 9.29 Å². The summed E-state index contributed by atoms with van der Waals surface area (Å²) in [5.74, 6) is 0.585. The lowest BCUT2D eigenvalue weighted by Gasteiger charge is -2.21. The van der Waals surface area contributed by atoms with Crippen LogP contribution >= 0.6 is 15.9 Å². The smallest absolute Gasteiger partial charge is 0.243 e. The third-order valence-corrected chi connectivity index (χ3v) is 6.44. The molecule has 0 atom stereocenters. The van der Waals surface area contributed by atoms with Gasteiger partial charge in [-0.3, -0.25) is 4.98 Å². The molecule has 0 spiro atoms. The van der Waals surface area contributed by atoms with Crippen LogP contribution in [0.15, 0.2) is 74.9 Å². The number of aromatic nitrogens is 1. The molecule has 0 fully saturated rings. The summed E-state index contributed by atoms with van der Waals surface area (Å²) in [5.41, 5.74) is 1.67. The van der Waals surface area contributed by atoms with E-state index in [0.29, 0.717) is 5.76 Å². The Hall–Kier alpha value is -1.96. The lowest BCUT2D eigenvalue weighted by Crippen LogP contribution is -2.30. The number of sulfonamides is 1. The van der Waals surface area contributed by atoms with Crippen LogP contribution in [0.1, 0.15) is 16.9 Å². The summed E-state index contributed by atoms with van der Waals surface area (Å²) < 4.78 is 34.0. The number of hydrogen-bond donors (Lipinski definition) is 0. The molecule has 2 heterocycles. The Bertz CT molecular complexity index is 942. The molecule has 25 heavy (non-hydrogen) atoms. The topological polar surface area (TPSA) is 63.4 Å². The second kappa shape index (κ2) is 7.51. The first-order valence-electron chi connectivity index (χ1n) is 7.64. The van der Waals surface area contributed by atoms with Crippen LogP contribution in [0.4, 0.5) is 0 Å². The second-order valence-electron chi connectivity index (χ2n) is 5.62. The predicted molar refractivity (Wildman–Crippen MR) is 98.3 cm³/mol. The first-order valence-corrected chi connectivity index (χ1v) is 9.88. The van der Waals surface area contributed by atoms with E-state index < -0.39 is 10.0 Å². The molecule has 0 saturated carbocycles. The Labute approximate surface area is 155 Å². The van der Waals surface area contributed by atoms with Crippen molar-refractivity contribution < 1.29 is 12.8 Å². The molecule has 0 bridgehead atoms. The Morgan fingerprint density at radius 1 is 1.16 bits per heavy atom. The van der Waals surface area contributed by atoms with Crippen LogP contribution in [0.5, 0.6) is 0 Å². The van der Waals surface area contributed by atoms with Crippen LogP contribution in [-0.2, 0) is 23.1 Å². The van der Waals surface area contributed by atoms with E-state index in [9.17, 15) is 8.42 Å². The van der Waals surface area contributed by atoms with Crippen molar-refractivity contribution in [2.45, 2.75) is 24.9 Å². The molecule has 0 amide bonds. The Kier molecular flexibility index (Phi) is 5.36. The average Bonchev–Trinajstić information content (AvgIpc) is 3.11. The van der Waals surface area contributed by atoms with Gasteiger partial charge in [0.2, 0.25) is 10.0 Å². The molecule has 3 aromatic rings. The van der Waals surface area contributed by atoms with Crippen molar-refractivity contribution in [3.8, 4) is 0 Å². The highest BCUT2D eigenvalue weighted by Gasteiger charge is 2.26. The van der Waals surface area contributed by atoms with E-state index in [4.69, 9.17) is 4.42 Å². The van der Waals surface area contributed by atoms with Gasteiger partial charge in [-0.05, 0) is 54.4 Å². The fraction of sp³-hybridized carbons (Fsp3) is 0.167. The number of rotatable bonds is 6. The number of nitrogens with zero attached hydrogens (tertiary/aromatic N) is 2. The molecule has 0 saturated heterocycles. The van der Waals surface area contributed by atoms with Crippen LogP contribution < -0.4 is 0 Å². The van der Waals surface area contributed by atoms with Crippen molar-refractivity contribution in [3.05, 3.63) is 82.5 Å². The van der Waals surface area contributed by atoms with E-state index in [2.05, 4.69) is 20.9 Å². The van der Waals surface area contributed by atoms with E-state index in [0.717, 1.165) is 15.6 Å². The zero-order valence-electron chi connectivity index (χ0n) is 13.6. The van der Waals surface area contributed by atoms with E-state index in [-0.39, 0.29) is 18.0 Å².